The second kappa shape index (κ2) is 5.06. The Hall–Kier alpha value is -1.19. The molecule has 0 amide bonds. The Kier molecular flexibility index (Phi) is 3.42. The largest absolute Gasteiger partial charge is 0.316 e. The van der Waals surface area contributed by atoms with Crippen molar-refractivity contribution in [3.8, 4) is 0 Å². The molecule has 2 nitrogen and oxygen atoms in total. The maximum atomic E-state index is 13.0. The molecule has 1 fully saturated rings. The smallest absolute Gasteiger partial charge is 0.171 e. The predicted octanol–water partition coefficient (Wildman–Crippen LogP) is 3.86. The van der Waals surface area contributed by atoms with Crippen molar-refractivity contribution in [3.05, 3.63) is 35.2 Å². The number of thiophene rings is 1. The molecule has 1 atom stereocenters. The molecule has 3 heteroatoms. The highest BCUT2D eigenvalue weighted by molar-refractivity contribution is 7.17. The number of hydrogen-bond donors (Lipinski definition) is 1. The van der Waals surface area contributed by atoms with Crippen molar-refractivity contribution in [1.29, 1.82) is 0 Å². The van der Waals surface area contributed by atoms with Gasteiger partial charge in [0.25, 0.3) is 0 Å². The molecule has 1 aromatic heterocycles. The van der Waals surface area contributed by atoms with E-state index in [1.807, 2.05) is 12.1 Å². The Morgan fingerprint density at radius 2 is 2.32 bits per heavy atom. The lowest BCUT2D eigenvalue weighted by Gasteiger charge is -2.26. The fraction of sp³-hybridized carbons (Fsp3) is 0.438. The molecule has 0 saturated carbocycles. The maximum absolute atomic E-state index is 13.0. The van der Waals surface area contributed by atoms with Gasteiger partial charge in [0.1, 0.15) is 0 Å². The number of fused-ring (bicyclic) bond motifs is 1. The van der Waals surface area contributed by atoms with E-state index in [-0.39, 0.29) is 5.41 Å². The summed E-state index contributed by atoms with van der Waals surface area (Å²) in [7, 11) is 0. The molecular formula is C16H19NOS. The molecule has 1 unspecified atom stereocenters. The fourth-order valence-electron chi connectivity index (χ4n) is 3.20. The third-order valence-electron chi connectivity index (χ3n) is 4.18. The second-order valence-corrected chi connectivity index (χ2v) is 6.35. The summed E-state index contributed by atoms with van der Waals surface area (Å²) in [6.07, 6.45) is 3.02. The molecule has 1 aromatic carbocycles. The number of hydrogen-bond acceptors (Lipinski definition) is 3. The first-order valence-corrected chi connectivity index (χ1v) is 7.86. The molecule has 0 radical (unpaired) electrons. The summed E-state index contributed by atoms with van der Waals surface area (Å²) in [5.74, 6) is 0.340. The highest BCUT2D eigenvalue weighted by Gasteiger charge is 2.41. The first-order chi connectivity index (χ1) is 9.27. The van der Waals surface area contributed by atoms with E-state index >= 15 is 0 Å². The standard InChI is InChI=1S/C16H19NOS/c1-2-7-16(8-9-17-11-16)15(18)13-5-3-4-12-6-10-19-14(12)13/h3-6,10,17H,2,7-9,11H2,1H3. The average molecular weight is 273 g/mol. The van der Waals surface area contributed by atoms with Crippen LogP contribution in [-0.2, 0) is 0 Å². The topological polar surface area (TPSA) is 29.1 Å². The van der Waals surface area contributed by atoms with Crippen LogP contribution in [0.2, 0.25) is 0 Å². The Balaban J connectivity index is 2.05. The van der Waals surface area contributed by atoms with E-state index < -0.39 is 0 Å². The quantitative estimate of drug-likeness (QED) is 0.857. The lowest BCUT2D eigenvalue weighted by Crippen LogP contribution is -2.33. The van der Waals surface area contributed by atoms with Crippen molar-refractivity contribution in [3.63, 3.8) is 0 Å². The minimum Gasteiger partial charge on any atom is -0.316 e. The van der Waals surface area contributed by atoms with Crippen LogP contribution >= 0.6 is 11.3 Å². The second-order valence-electron chi connectivity index (χ2n) is 5.43. The molecule has 1 aliphatic heterocycles. The number of rotatable bonds is 4. The molecule has 19 heavy (non-hydrogen) atoms. The molecule has 1 aliphatic rings. The van der Waals surface area contributed by atoms with Crippen molar-refractivity contribution in [2.45, 2.75) is 26.2 Å². The van der Waals surface area contributed by atoms with Gasteiger partial charge in [0, 0.05) is 22.2 Å². The average Bonchev–Trinajstić information content (AvgIpc) is 3.06. The van der Waals surface area contributed by atoms with Gasteiger partial charge in [-0.05, 0) is 42.3 Å². The predicted molar refractivity (Wildman–Crippen MR) is 81.0 cm³/mol. The first-order valence-electron chi connectivity index (χ1n) is 6.98. The van der Waals surface area contributed by atoms with Gasteiger partial charge in [-0.3, -0.25) is 4.79 Å². The molecule has 100 valence electrons. The molecular weight excluding hydrogens is 254 g/mol. The Bertz CT molecular complexity index is 596. The van der Waals surface area contributed by atoms with Crippen LogP contribution in [0, 0.1) is 5.41 Å². The lowest BCUT2D eigenvalue weighted by atomic mass is 9.76. The minimum absolute atomic E-state index is 0.174. The zero-order chi connectivity index (χ0) is 13.3. The van der Waals surface area contributed by atoms with E-state index in [0.717, 1.165) is 42.6 Å². The van der Waals surface area contributed by atoms with Crippen molar-refractivity contribution in [1.82, 2.24) is 5.32 Å². The number of carbonyl (C=O) groups is 1. The maximum Gasteiger partial charge on any atom is 0.171 e. The zero-order valence-corrected chi connectivity index (χ0v) is 12.1. The van der Waals surface area contributed by atoms with Crippen LogP contribution in [0.1, 0.15) is 36.5 Å². The summed E-state index contributed by atoms with van der Waals surface area (Å²) in [5, 5.41) is 6.63. The van der Waals surface area contributed by atoms with Gasteiger partial charge in [0.2, 0.25) is 0 Å². The molecule has 3 rings (SSSR count). The Labute approximate surface area is 117 Å². The molecule has 0 bridgehead atoms. The van der Waals surface area contributed by atoms with Gasteiger partial charge in [-0.1, -0.05) is 25.5 Å². The number of benzene rings is 1. The van der Waals surface area contributed by atoms with Crippen LogP contribution in [-0.4, -0.2) is 18.9 Å². The van der Waals surface area contributed by atoms with Crippen LogP contribution in [0.25, 0.3) is 10.1 Å². The molecule has 1 N–H and O–H groups in total. The summed E-state index contributed by atoms with van der Waals surface area (Å²) in [4.78, 5) is 13.0. The van der Waals surface area contributed by atoms with Crippen molar-refractivity contribution < 1.29 is 4.79 Å². The monoisotopic (exact) mass is 273 g/mol. The van der Waals surface area contributed by atoms with E-state index in [9.17, 15) is 4.79 Å². The van der Waals surface area contributed by atoms with Crippen LogP contribution in [0.5, 0.6) is 0 Å². The van der Waals surface area contributed by atoms with Crippen LogP contribution < -0.4 is 5.32 Å². The van der Waals surface area contributed by atoms with Gasteiger partial charge in [-0.2, -0.15) is 0 Å². The number of Topliss-reactive ketones (excluding diaryl/α,β-unsaturated/α-hetero) is 1. The van der Waals surface area contributed by atoms with Crippen LogP contribution in [0.3, 0.4) is 0 Å². The van der Waals surface area contributed by atoms with E-state index in [0.29, 0.717) is 5.78 Å². The molecule has 0 spiro atoms. The highest BCUT2D eigenvalue weighted by Crippen LogP contribution is 2.37. The highest BCUT2D eigenvalue weighted by atomic mass is 32.1. The molecule has 0 aliphatic carbocycles. The Morgan fingerprint density at radius 1 is 1.42 bits per heavy atom. The molecule has 2 heterocycles. The molecule has 2 aromatic rings. The van der Waals surface area contributed by atoms with E-state index in [1.165, 1.54) is 5.39 Å². The van der Waals surface area contributed by atoms with Gasteiger partial charge < -0.3 is 5.32 Å². The first kappa shape index (κ1) is 12.8. The van der Waals surface area contributed by atoms with Gasteiger partial charge >= 0.3 is 0 Å². The number of nitrogens with one attached hydrogen (secondary N) is 1. The summed E-state index contributed by atoms with van der Waals surface area (Å²) in [6, 6.07) is 8.18. The zero-order valence-electron chi connectivity index (χ0n) is 11.2. The van der Waals surface area contributed by atoms with Gasteiger partial charge in [0.15, 0.2) is 5.78 Å². The normalized spacial score (nSPS) is 23.0. The van der Waals surface area contributed by atoms with E-state index in [1.54, 1.807) is 11.3 Å². The van der Waals surface area contributed by atoms with Crippen LogP contribution in [0.15, 0.2) is 29.6 Å². The third kappa shape index (κ3) is 2.11. The summed E-state index contributed by atoms with van der Waals surface area (Å²) >= 11 is 1.68. The minimum atomic E-state index is -0.174. The Morgan fingerprint density at radius 3 is 3.05 bits per heavy atom. The van der Waals surface area contributed by atoms with Gasteiger partial charge in [-0.15, -0.1) is 11.3 Å². The molecule has 1 saturated heterocycles. The fourth-order valence-corrected chi connectivity index (χ4v) is 4.11. The summed E-state index contributed by atoms with van der Waals surface area (Å²) < 4.78 is 1.15. The van der Waals surface area contributed by atoms with Crippen molar-refractivity contribution >= 4 is 27.2 Å². The summed E-state index contributed by atoms with van der Waals surface area (Å²) in [6.45, 7) is 3.96. The van der Waals surface area contributed by atoms with Crippen molar-refractivity contribution in [2.75, 3.05) is 13.1 Å². The van der Waals surface area contributed by atoms with E-state index in [2.05, 4.69) is 29.8 Å². The van der Waals surface area contributed by atoms with Crippen molar-refractivity contribution in [2.24, 2.45) is 5.41 Å². The van der Waals surface area contributed by atoms with Crippen LogP contribution in [0.4, 0.5) is 0 Å². The van der Waals surface area contributed by atoms with E-state index in [4.69, 9.17) is 0 Å². The number of carbonyl (C=O) groups excluding carboxylic acids is 1. The van der Waals surface area contributed by atoms with Gasteiger partial charge in [-0.25, -0.2) is 0 Å². The number of ketones is 1. The lowest BCUT2D eigenvalue weighted by molar-refractivity contribution is 0.0804. The SMILES string of the molecule is CCCC1(C(=O)c2cccc3ccsc23)CCNC1. The van der Waals surface area contributed by atoms with Gasteiger partial charge in [0.05, 0.1) is 0 Å². The third-order valence-corrected chi connectivity index (χ3v) is 5.14. The summed E-state index contributed by atoms with van der Waals surface area (Å²) in [5.41, 5.74) is 0.747.